The summed E-state index contributed by atoms with van der Waals surface area (Å²) in [5.41, 5.74) is 1.06. The average molecular weight is 517 g/mol. The Bertz CT molecular complexity index is 1310. The molecular formula is C25H25ClN2O6S. The molecule has 0 bridgehead atoms. The van der Waals surface area contributed by atoms with Crippen LogP contribution in [-0.2, 0) is 14.8 Å². The number of nitrogens with zero attached hydrogens (tertiary/aromatic N) is 1. The lowest BCUT2D eigenvalue weighted by molar-refractivity contribution is -0.120. The Morgan fingerprint density at radius 1 is 1.11 bits per heavy atom. The van der Waals surface area contributed by atoms with Crippen LogP contribution in [-0.4, -0.2) is 47.2 Å². The van der Waals surface area contributed by atoms with E-state index in [1.807, 2.05) is 19.1 Å². The predicted molar refractivity (Wildman–Crippen MR) is 133 cm³/mol. The molecular weight excluding hydrogens is 492 g/mol. The minimum atomic E-state index is -4.12. The van der Waals surface area contributed by atoms with Gasteiger partial charge in [0.2, 0.25) is 5.91 Å². The maximum absolute atomic E-state index is 13.6. The topological polar surface area (TPSA) is 94.2 Å². The van der Waals surface area contributed by atoms with E-state index in [0.29, 0.717) is 16.5 Å². The second-order valence-corrected chi connectivity index (χ2v) is 10.2. The number of rotatable bonds is 8. The van der Waals surface area contributed by atoms with E-state index in [0.717, 1.165) is 9.87 Å². The van der Waals surface area contributed by atoms with Crippen LogP contribution >= 0.6 is 11.6 Å². The van der Waals surface area contributed by atoms with Crippen LogP contribution in [0.3, 0.4) is 0 Å². The van der Waals surface area contributed by atoms with E-state index in [2.05, 4.69) is 5.32 Å². The normalized spacial score (nSPS) is 14.8. The van der Waals surface area contributed by atoms with Gasteiger partial charge in [-0.1, -0.05) is 41.4 Å². The van der Waals surface area contributed by atoms with Gasteiger partial charge in [-0.25, -0.2) is 8.42 Å². The molecule has 0 fully saturated rings. The van der Waals surface area contributed by atoms with Crippen molar-refractivity contribution in [1.82, 2.24) is 5.32 Å². The number of sulfonamides is 1. The highest BCUT2D eigenvalue weighted by atomic mass is 35.5. The number of anilines is 1. The molecule has 0 spiro atoms. The van der Waals surface area contributed by atoms with Gasteiger partial charge in [0, 0.05) is 5.02 Å². The number of benzene rings is 3. The first-order valence-corrected chi connectivity index (χ1v) is 12.7. The van der Waals surface area contributed by atoms with Gasteiger partial charge in [0.15, 0.2) is 11.5 Å². The molecule has 0 saturated carbocycles. The van der Waals surface area contributed by atoms with Gasteiger partial charge in [0.1, 0.15) is 25.0 Å². The molecule has 3 aromatic carbocycles. The number of hydrogen-bond acceptors (Lipinski definition) is 6. The molecule has 1 amide bonds. The summed E-state index contributed by atoms with van der Waals surface area (Å²) in [6.45, 7) is 1.76. The highest BCUT2D eigenvalue weighted by Crippen LogP contribution is 2.35. The molecule has 1 unspecified atom stereocenters. The van der Waals surface area contributed by atoms with E-state index in [-0.39, 0.29) is 29.5 Å². The largest absolute Gasteiger partial charge is 0.495 e. The summed E-state index contributed by atoms with van der Waals surface area (Å²) in [6.07, 6.45) is -0.420. The first kappa shape index (κ1) is 24.7. The summed E-state index contributed by atoms with van der Waals surface area (Å²) in [6, 6.07) is 18.2. The van der Waals surface area contributed by atoms with Crippen LogP contribution in [0.25, 0.3) is 0 Å². The van der Waals surface area contributed by atoms with Crippen LogP contribution in [0.4, 0.5) is 5.69 Å². The molecule has 0 saturated heterocycles. The van der Waals surface area contributed by atoms with Gasteiger partial charge < -0.3 is 19.5 Å². The van der Waals surface area contributed by atoms with Crippen molar-refractivity contribution in [1.29, 1.82) is 0 Å². The van der Waals surface area contributed by atoms with Crippen LogP contribution in [0.15, 0.2) is 71.6 Å². The number of carbonyl (C=O) groups is 1. The number of ether oxygens (including phenoxy) is 3. The number of fused-ring (bicyclic) bond motifs is 1. The maximum atomic E-state index is 13.6. The lowest BCUT2D eigenvalue weighted by Crippen LogP contribution is -2.45. The highest BCUT2D eigenvalue weighted by molar-refractivity contribution is 7.92. The van der Waals surface area contributed by atoms with Crippen molar-refractivity contribution in [3.05, 3.63) is 77.3 Å². The van der Waals surface area contributed by atoms with E-state index in [1.54, 1.807) is 36.4 Å². The van der Waals surface area contributed by atoms with E-state index in [4.69, 9.17) is 25.8 Å². The third-order valence-corrected chi connectivity index (χ3v) is 7.41. The highest BCUT2D eigenvalue weighted by Gasteiger charge is 2.30. The Morgan fingerprint density at radius 3 is 2.54 bits per heavy atom. The summed E-state index contributed by atoms with van der Waals surface area (Å²) in [4.78, 5) is 13.0. The van der Waals surface area contributed by atoms with Crippen LogP contribution < -0.4 is 23.8 Å². The zero-order valence-corrected chi connectivity index (χ0v) is 20.8. The minimum absolute atomic E-state index is 0.0403. The Hall–Kier alpha value is -3.43. The number of carbonyl (C=O) groups excluding carboxylic acids is 1. The van der Waals surface area contributed by atoms with E-state index >= 15 is 0 Å². The summed E-state index contributed by atoms with van der Waals surface area (Å²) >= 11 is 6.17. The lowest BCUT2D eigenvalue weighted by Gasteiger charge is -2.28. The molecule has 3 aromatic rings. The molecule has 184 valence electrons. The lowest BCUT2D eigenvalue weighted by atomic mass is 10.2. The quantitative estimate of drug-likeness (QED) is 0.489. The summed E-state index contributed by atoms with van der Waals surface area (Å²) in [5, 5.41) is 3.05. The van der Waals surface area contributed by atoms with Crippen molar-refractivity contribution in [2.75, 3.05) is 31.1 Å². The summed E-state index contributed by atoms with van der Waals surface area (Å²) < 4.78 is 45.1. The third-order valence-electron chi connectivity index (χ3n) is 5.40. The molecule has 4 rings (SSSR count). The first-order chi connectivity index (χ1) is 16.8. The monoisotopic (exact) mass is 516 g/mol. The van der Waals surface area contributed by atoms with Crippen LogP contribution in [0.1, 0.15) is 5.56 Å². The zero-order chi connectivity index (χ0) is 25.0. The Morgan fingerprint density at radius 2 is 1.83 bits per heavy atom. The second-order valence-electron chi connectivity index (χ2n) is 7.94. The van der Waals surface area contributed by atoms with Gasteiger partial charge in [-0.3, -0.25) is 9.10 Å². The third kappa shape index (κ3) is 5.63. The smallest absolute Gasteiger partial charge is 0.264 e. The number of hydrogen-bond donors (Lipinski definition) is 1. The van der Waals surface area contributed by atoms with Gasteiger partial charge in [-0.15, -0.1) is 0 Å². The molecule has 1 aliphatic rings. The Kier molecular flexibility index (Phi) is 7.37. The molecule has 0 radical (unpaired) electrons. The molecule has 0 aliphatic carbocycles. The van der Waals surface area contributed by atoms with Crippen LogP contribution in [0.5, 0.6) is 17.2 Å². The van der Waals surface area contributed by atoms with Gasteiger partial charge in [0.25, 0.3) is 10.0 Å². The average Bonchev–Trinajstić information content (AvgIpc) is 2.86. The van der Waals surface area contributed by atoms with Gasteiger partial charge in [-0.05, 0) is 49.4 Å². The maximum Gasteiger partial charge on any atom is 0.264 e. The molecule has 10 heteroatoms. The van der Waals surface area contributed by atoms with Crippen molar-refractivity contribution < 1.29 is 27.4 Å². The Balaban J connectivity index is 1.56. The summed E-state index contributed by atoms with van der Waals surface area (Å²) in [7, 11) is -2.70. The molecule has 1 aliphatic heterocycles. The number of amides is 1. The number of para-hydroxylation sites is 2. The number of nitrogens with one attached hydrogen (secondary N) is 1. The number of halogens is 1. The van der Waals surface area contributed by atoms with E-state index in [9.17, 15) is 13.2 Å². The van der Waals surface area contributed by atoms with Crippen molar-refractivity contribution in [3.8, 4) is 17.2 Å². The van der Waals surface area contributed by atoms with Crippen molar-refractivity contribution in [3.63, 3.8) is 0 Å². The van der Waals surface area contributed by atoms with Crippen molar-refractivity contribution >= 4 is 33.2 Å². The fourth-order valence-corrected chi connectivity index (χ4v) is 5.16. The molecule has 0 aromatic heterocycles. The van der Waals surface area contributed by atoms with Gasteiger partial charge in [0.05, 0.1) is 24.2 Å². The predicted octanol–water partition coefficient (Wildman–Crippen LogP) is 3.81. The standard InChI is InChI=1S/C25H25ClN2O6S/c1-17-7-10-20(11-8-17)35(30,31)28(21-13-18(26)9-12-22(21)32-2)15-25(29)27-14-19-16-33-23-5-3-4-6-24(23)34-19/h3-13,19H,14-16H2,1-2H3,(H,27,29). The van der Waals surface area contributed by atoms with Gasteiger partial charge in [-0.2, -0.15) is 0 Å². The zero-order valence-electron chi connectivity index (χ0n) is 19.2. The van der Waals surface area contributed by atoms with Crippen molar-refractivity contribution in [2.45, 2.75) is 17.9 Å². The SMILES string of the molecule is COc1ccc(Cl)cc1N(CC(=O)NCC1COc2ccccc2O1)S(=O)(=O)c1ccc(C)cc1. The molecule has 35 heavy (non-hydrogen) atoms. The summed E-state index contributed by atoms with van der Waals surface area (Å²) in [5.74, 6) is 0.965. The first-order valence-electron chi connectivity index (χ1n) is 10.9. The van der Waals surface area contributed by atoms with Crippen molar-refractivity contribution in [2.24, 2.45) is 0 Å². The molecule has 8 nitrogen and oxygen atoms in total. The van der Waals surface area contributed by atoms with Crippen LogP contribution in [0.2, 0.25) is 5.02 Å². The van der Waals surface area contributed by atoms with Crippen LogP contribution in [0, 0.1) is 6.92 Å². The second kappa shape index (κ2) is 10.5. The van der Waals surface area contributed by atoms with Gasteiger partial charge >= 0.3 is 0 Å². The van der Waals surface area contributed by atoms with E-state index < -0.39 is 28.6 Å². The number of methoxy groups -OCH3 is 1. The molecule has 1 N–H and O–H groups in total. The van der Waals surface area contributed by atoms with E-state index in [1.165, 1.54) is 25.3 Å². The molecule has 1 heterocycles. The minimum Gasteiger partial charge on any atom is -0.495 e. The fraction of sp³-hybridized carbons (Fsp3) is 0.240. The Labute approximate surface area is 209 Å². The molecule has 1 atom stereocenters. The number of aryl methyl sites for hydroxylation is 1. The fourth-order valence-electron chi connectivity index (χ4n) is 3.57.